The first kappa shape index (κ1) is 12.3. The molecule has 0 saturated heterocycles. The van der Waals surface area contributed by atoms with Gasteiger partial charge in [0.05, 0.1) is 23.7 Å². The number of hydrogen-bond acceptors (Lipinski definition) is 3. The fourth-order valence-corrected chi connectivity index (χ4v) is 2.02. The molecule has 5 heteroatoms. The fraction of sp³-hybridized carbons (Fsp3) is 0.133. The van der Waals surface area contributed by atoms with E-state index in [9.17, 15) is 4.79 Å². The van der Waals surface area contributed by atoms with Gasteiger partial charge in [-0.2, -0.15) is 0 Å². The predicted molar refractivity (Wildman–Crippen MR) is 77.3 cm³/mol. The average Bonchev–Trinajstić information content (AvgIpc) is 3.00. The van der Waals surface area contributed by atoms with Crippen molar-refractivity contribution in [1.82, 2.24) is 14.5 Å². The van der Waals surface area contributed by atoms with Crippen LogP contribution in [0.5, 0.6) is 0 Å². The molecule has 0 spiro atoms. The molecule has 5 nitrogen and oxygen atoms in total. The van der Waals surface area contributed by atoms with Gasteiger partial charge in [0.15, 0.2) is 0 Å². The maximum atomic E-state index is 12.2. The Kier molecular flexibility index (Phi) is 3.16. The topological polar surface area (TPSA) is 59.8 Å². The maximum absolute atomic E-state index is 12.2. The quantitative estimate of drug-likeness (QED) is 0.792. The molecule has 1 N–H and O–H groups in total. The van der Waals surface area contributed by atoms with Gasteiger partial charge in [-0.3, -0.25) is 9.78 Å². The van der Waals surface area contributed by atoms with E-state index in [1.807, 2.05) is 37.3 Å². The SMILES string of the molecule is C[C@@H](C(=O)Nc1cnc2ccccc2c1)n1ccnc1. The molecule has 2 heterocycles. The van der Waals surface area contributed by atoms with E-state index in [0.29, 0.717) is 5.69 Å². The summed E-state index contributed by atoms with van der Waals surface area (Å²) in [7, 11) is 0. The molecule has 0 fully saturated rings. The molecule has 0 unspecified atom stereocenters. The van der Waals surface area contributed by atoms with E-state index >= 15 is 0 Å². The lowest BCUT2D eigenvalue weighted by molar-refractivity contribution is -0.118. The highest BCUT2D eigenvalue weighted by atomic mass is 16.2. The summed E-state index contributed by atoms with van der Waals surface area (Å²) in [6.07, 6.45) is 6.72. The molecular formula is C15H14N4O. The number of rotatable bonds is 3. The Morgan fingerprint density at radius 3 is 3.00 bits per heavy atom. The Bertz CT molecular complexity index is 736. The number of anilines is 1. The van der Waals surface area contributed by atoms with Crippen LogP contribution in [-0.2, 0) is 4.79 Å². The van der Waals surface area contributed by atoms with Gasteiger partial charge < -0.3 is 9.88 Å². The highest BCUT2D eigenvalue weighted by Crippen LogP contribution is 2.17. The molecule has 0 aliphatic heterocycles. The van der Waals surface area contributed by atoms with Crippen LogP contribution in [0, 0.1) is 0 Å². The zero-order chi connectivity index (χ0) is 13.9. The number of benzene rings is 1. The first-order valence-corrected chi connectivity index (χ1v) is 6.37. The predicted octanol–water partition coefficient (Wildman–Crippen LogP) is 2.63. The summed E-state index contributed by atoms with van der Waals surface area (Å²) in [5, 5.41) is 3.87. The van der Waals surface area contributed by atoms with Crippen LogP contribution in [-0.4, -0.2) is 20.4 Å². The van der Waals surface area contributed by atoms with Crippen LogP contribution in [0.25, 0.3) is 10.9 Å². The number of para-hydroxylation sites is 1. The molecule has 1 atom stereocenters. The number of aromatic nitrogens is 3. The minimum absolute atomic E-state index is 0.0971. The van der Waals surface area contributed by atoms with Crippen molar-refractivity contribution in [1.29, 1.82) is 0 Å². The minimum atomic E-state index is -0.316. The summed E-state index contributed by atoms with van der Waals surface area (Å²) < 4.78 is 1.75. The monoisotopic (exact) mass is 266 g/mol. The van der Waals surface area contributed by atoms with Crippen molar-refractivity contribution < 1.29 is 4.79 Å². The molecule has 20 heavy (non-hydrogen) atoms. The van der Waals surface area contributed by atoms with E-state index in [2.05, 4.69) is 15.3 Å². The van der Waals surface area contributed by atoms with Crippen molar-refractivity contribution in [2.45, 2.75) is 13.0 Å². The third-order valence-corrected chi connectivity index (χ3v) is 3.21. The highest BCUT2D eigenvalue weighted by Gasteiger charge is 2.14. The Balaban J connectivity index is 1.80. The van der Waals surface area contributed by atoms with Crippen molar-refractivity contribution in [3.8, 4) is 0 Å². The van der Waals surface area contributed by atoms with Gasteiger partial charge in [-0.1, -0.05) is 18.2 Å². The zero-order valence-corrected chi connectivity index (χ0v) is 11.0. The lowest BCUT2D eigenvalue weighted by atomic mass is 10.2. The number of carbonyl (C=O) groups is 1. The first-order valence-electron chi connectivity index (χ1n) is 6.37. The standard InChI is InChI=1S/C15H14N4O/c1-11(19-7-6-16-10-19)15(20)18-13-8-12-4-2-3-5-14(12)17-9-13/h2-11H,1H3,(H,18,20)/t11-/m0/s1. The van der Waals surface area contributed by atoms with E-state index in [4.69, 9.17) is 0 Å². The lowest BCUT2D eigenvalue weighted by Gasteiger charge is -2.13. The molecule has 1 amide bonds. The molecule has 100 valence electrons. The molecule has 2 aromatic heterocycles. The lowest BCUT2D eigenvalue weighted by Crippen LogP contribution is -2.22. The number of nitrogens with zero attached hydrogens (tertiary/aromatic N) is 3. The summed E-state index contributed by atoms with van der Waals surface area (Å²) in [6.45, 7) is 1.82. The molecule has 0 aliphatic carbocycles. The van der Waals surface area contributed by atoms with Gasteiger partial charge in [0.1, 0.15) is 6.04 Å². The first-order chi connectivity index (χ1) is 9.74. The summed E-state index contributed by atoms with van der Waals surface area (Å²) in [5.41, 5.74) is 1.61. The maximum Gasteiger partial charge on any atom is 0.247 e. The molecule has 0 aliphatic rings. The number of nitrogens with one attached hydrogen (secondary N) is 1. The minimum Gasteiger partial charge on any atom is -0.325 e. The Morgan fingerprint density at radius 1 is 1.35 bits per heavy atom. The third kappa shape index (κ3) is 2.38. The van der Waals surface area contributed by atoms with Gasteiger partial charge in [-0.25, -0.2) is 4.98 Å². The van der Waals surface area contributed by atoms with Crippen LogP contribution in [0.4, 0.5) is 5.69 Å². The summed E-state index contributed by atoms with van der Waals surface area (Å²) in [5.74, 6) is -0.0971. The second-order valence-corrected chi connectivity index (χ2v) is 4.59. The van der Waals surface area contributed by atoms with Crippen LogP contribution >= 0.6 is 0 Å². The van der Waals surface area contributed by atoms with Gasteiger partial charge in [-0.05, 0) is 19.1 Å². The van der Waals surface area contributed by atoms with Crippen LogP contribution in [0.2, 0.25) is 0 Å². The average molecular weight is 266 g/mol. The van der Waals surface area contributed by atoms with Gasteiger partial charge >= 0.3 is 0 Å². The van der Waals surface area contributed by atoms with E-state index in [1.54, 1.807) is 29.5 Å². The highest BCUT2D eigenvalue weighted by molar-refractivity contribution is 5.95. The molecule has 0 saturated carbocycles. The third-order valence-electron chi connectivity index (χ3n) is 3.21. The van der Waals surface area contributed by atoms with Crippen LogP contribution in [0.15, 0.2) is 55.2 Å². The number of hydrogen-bond donors (Lipinski definition) is 1. The number of imidazole rings is 1. The van der Waals surface area contributed by atoms with E-state index in [0.717, 1.165) is 10.9 Å². The van der Waals surface area contributed by atoms with Gasteiger partial charge in [-0.15, -0.1) is 0 Å². The van der Waals surface area contributed by atoms with E-state index < -0.39 is 0 Å². The van der Waals surface area contributed by atoms with Crippen LogP contribution in [0.1, 0.15) is 13.0 Å². The number of fused-ring (bicyclic) bond motifs is 1. The molecule has 0 radical (unpaired) electrons. The van der Waals surface area contributed by atoms with Crippen molar-refractivity contribution >= 4 is 22.5 Å². The van der Waals surface area contributed by atoms with Gasteiger partial charge in [0.2, 0.25) is 5.91 Å². The second-order valence-electron chi connectivity index (χ2n) is 4.59. The molecule has 1 aromatic carbocycles. The smallest absolute Gasteiger partial charge is 0.247 e. The molecule has 0 bridgehead atoms. The van der Waals surface area contributed by atoms with Crippen LogP contribution < -0.4 is 5.32 Å². The van der Waals surface area contributed by atoms with Gasteiger partial charge in [0, 0.05) is 17.8 Å². The normalized spacial score (nSPS) is 12.2. The molecular weight excluding hydrogens is 252 g/mol. The van der Waals surface area contributed by atoms with Crippen LogP contribution in [0.3, 0.4) is 0 Å². The Labute approximate surface area is 116 Å². The summed E-state index contributed by atoms with van der Waals surface area (Å²) in [6, 6.07) is 9.40. The largest absolute Gasteiger partial charge is 0.325 e. The van der Waals surface area contributed by atoms with Gasteiger partial charge in [0.25, 0.3) is 0 Å². The number of pyridine rings is 1. The van der Waals surface area contributed by atoms with Crippen molar-refractivity contribution in [2.24, 2.45) is 0 Å². The zero-order valence-electron chi connectivity index (χ0n) is 11.0. The Hall–Kier alpha value is -2.69. The Morgan fingerprint density at radius 2 is 2.20 bits per heavy atom. The number of carbonyl (C=O) groups excluding carboxylic acids is 1. The second kappa shape index (κ2) is 5.13. The van der Waals surface area contributed by atoms with Crippen molar-refractivity contribution in [3.63, 3.8) is 0 Å². The molecule has 3 rings (SSSR count). The number of amides is 1. The summed E-state index contributed by atoms with van der Waals surface area (Å²) >= 11 is 0. The van der Waals surface area contributed by atoms with E-state index in [-0.39, 0.29) is 11.9 Å². The van der Waals surface area contributed by atoms with E-state index in [1.165, 1.54) is 0 Å². The van der Waals surface area contributed by atoms with Crippen molar-refractivity contribution in [2.75, 3.05) is 5.32 Å². The van der Waals surface area contributed by atoms with Crippen molar-refractivity contribution in [3.05, 3.63) is 55.2 Å². The molecule has 3 aromatic rings. The summed E-state index contributed by atoms with van der Waals surface area (Å²) in [4.78, 5) is 20.4. The fourth-order valence-electron chi connectivity index (χ4n) is 2.02.